The van der Waals surface area contributed by atoms with Gasteiger partial charge >= 0.3 is 0 Å². The number of nitrogens with one attached hydrogen (secondary N) is 1. The predicted molar refractivity (Wildman–Crippen MR) is 86.5 cm³/mol. The van der Waals surface area contributed by atoms with Crippen molar-refractivity contribution in [3.05, 3.63) is 41.1 Å². The van der Waals surface area contributed by atoms with E-state index >= 15 is 0 Å². The number of ether oxygens (including phenoxy) is 1. The lowest BCUT2D eigenvalue weighted by Crippen LogP contribution is -2.02. The van der Waals surface area contributed by atoms with Crippen molar-refractivity contribution in [1.29, 1.82) is 0 Å². The van der Waals surface area contributed by atoms with Gasteiger partial charge in [0, 0.05) is 5.56 Å². The average Bonchev–Trinajstić information content (AvgIpc) is 3.22. The Kier molecular flexibility index (Phi) is 4.47. The molecule has 3 rings (SSSR count). The molecule has 0 saturated heterocycles. The Hall–Kier alpha value is -2.54. The third kappa shape index (κ3) is 3.45. The second-order valence-electron chi connectivity index (χ2n) is 4.77. The quantitative estimate of drug-likeness (QED) is 0.746. The zero-order chi connectivity index (χ0) is 16.2. The van der Waals surface area contributed by atoms with E-state index < -0.39 is 0 Å². The fourth-order valence-corrected chi connectivity index (χ4v) is 2.32. The van der Waals surface area contributed by atoms with Crippen LogP contribution in [0.15, 0.2) is 34.7 Å². The molecule has 0 unspecified atom stereocenters. The minimum Gasteiger partial charge on any atom is -0.495 e. The molecule has 120 valence electrons. The van der Waals surface area contributed by atoms with Gasteiger partial charge in [0.05, 0.1) is 25.2 Å². The summed E-state index contributed by atoms with van der Waals surface area (Å²) in [5.41, 5.74) is 0.886. The van der Waals surface area contributed by atoms with E-state index in [0.717, 1.165) is 17.1 Å². The van der Waals surface area contributed by atoms with Crippen LogP contribution in [-0.2, 0) is 13.1 Å². The van der Waals surface area contributed by atoms with Crippen LogP contribution in [0.2, 0.25) is 5.02 Å². The molecular weight excluding hydrogens is 318 g/mol. The lowest BCUT2D eigenvalue weighted by Gasteiger charge is -2.04. The van der Waals surface area contributed by atoms with Gasteiger partial charge in [-0.05, 0) is 42.5 Å². The van der Waals surface area contributed by atoms with E-state index in [1.165, 1.54) is 4.80 Å². The molecule has 0 radical (unpaired) electrons. The van der Waals surface area contributed by atoms with Crippen LogP contribution in [-0.4, -0.2) is 27.3 Å². The highest BCUT2D eigenvalue weighted by Crippen LogP contribution is 2.31. The number of halogens is 1. The number of tetrazole rings is 1. The summed E-state index contributed by atoms with van der Waals surface area (Å²) in [4.78, 5) is 1.51. The Balaban J connectivity index is 1.69. The highest BCUT2D eigenvalue weighted by molar-refractivity contribution is 6.32. The fourth-order valence-electron chi connectivity index (χ4n) is 2.06. The van der Waals surface area contributed by atoms with E-state index in [1.807, 2.05) is 37.3 Å². The van der Waals surface area contributed by atoms with E-state index in [-0.39, 0.29) is 0 Å². The molecule has 0 amide bonds. The van der Waals surface area contributed by atoms with Crippen molar-refractivity contribution in [2.24, 2.45) is 0 Å². The minimum absolute atomic E-state index is 0.470. The van der Waals surface area contributed by atoms with Gasteiger partial charge in [0.1, 0.15) is 17.3 Å². The number of rotatable bonds is 6. The first-order chi connectivity index (χ1) is 11.2. The van der Waals surface area contributed by atoms with Crippen molar-refractivity contribution in [1.82, 2.24) is 20.2 Å². The summed E-state index contributed by atoms with van der Waals surface area (Å²) in [7, 11) is 1.58. The van der Waals surface area contributed by atoms with Crippen LogP contribution < -0.4 is 10.1 Å². The summed E-state index contributed by atoms with van der Waals surface area (Å²) >= 11 is 6.14. The standard InChI is InChI=1S/C15H16ClN5O2/c1-3-21-19-15(18-20-21)17-9-11-5-7-13(23-11)10-4-6-14(22-2)12(16)8-10/h4-8H,3,9H2,1-2H3,(H,17,19). The number of aromatic nitrogens is 4. The maximum absolute atomic E-state index is 6.14. The maximum atomic E-state index is 6.14. The second kappa shape index (κ2) is 6.70. The SMILES string of the molecule is CCn1nnc(NCc2ccc(-c3ccc(OC)c(Cl)c3)o2)n1. The number of anilines is 1. The van der Waals surface area contributed by atoms with E-state index in [2.05, 4.69) is 20.7 Å². The fraction of sp³-hybridized carbons (Fsp3) is 0.267. The smallest absolute Gasteiger partial charge is 0.263 e. The van der Waals surface area contributed by atoms with E-state index in [1.54, 1.807) is 7.11 Å². The number of hydrogen-bond donors (Lipinski definition) is 1. The first-order valence-corrected chi connectivity index (χ1v) is 7.51. The molecule has 0 aliphatic heterocycles. The van der Waals surface area contributed by atoms with Crippen LogP contribution in [0.5, 0.6) is 5.75 Å². The molecule has 8 heteroatoms. The van der Waals surface area contributed by atoms with E-state index in [0.29, 0.717) is 29.8 Å². The Bertz CT molecular complexity index is 799. The van der Waals surface area contributed by atoms with Crippen LogP contribution in [0.3, 0.4) is 0 Å². The van der Waals surface area contributed by atoms with E-state index in [4.69, 9.17) is 20.8 Å². The summed E-state index contributed by atoms with van der Waals surface area (Å²) in [5, 5.41) is 15.5. The largest absolute Gasteiger partial charge is 0.495 e. The molecule has 0 fully saturated rings. The lowest BCUT2D eigenvalue weighted by molar-refractivity contribution is 0.415. The van der Waals surface area contributed by atoms with Gasteiger partial charge < -0.3 is 14.5 Å². The lowest BCUT2D eigenvalue weighted by atomic mass is 10.2. The van der Waals surface area contributed by atoms with Gasteiger partial charge in [0.15, 0.2) is 0 Å². The molecule has 0 atom stereocenters. The predicted octanol–water partition coefficient (Wildman–Crippen LogP) is 3.23. The van der Waals surface area contributed by atoms with E-state index in [9.17, 15) is 0 Å². The number of nitrogens with zero attached hydrogens (tertiary/aromatic N) is 4. The summed E-state index contributed by atoms with van der Waals surface area (Å²) in [6.07, 6.45) is 0. The molecule has 23 heavy (non-hydrogen) atoms. The van der Waals surface area contributed by atoms with Gasteiger partial charge in [0.25, 0.3) is 5.95 Å². The van der Waals surface area contributed by atoms with Crippen molar-refractivity contribution < 1.29 is 9.15 Å². The number of aryl methyl sites for hydroxylation is 1. The molecule has 1 N–H and O–H groups in total. The summed E-state index contributed by atoms with van der Waals surface area (Å²) in [6.45, 7) is 3.10. The van der Waals surface area contributed by atoms with Crippen molar-refractivity contribution in [2.45, 2.75) is 20.0 Å². The van der Waals surface area contributed by atoms with Crippen LogP contribution in [0.1, 0.15) is 12.7 Å². The Labute approximate surface area is 138 Å². The Morgan fingerprint density at radius 3 is 2.87 bits per heavy atom. The topological polar surface area (TPSA) is 78.0 Å². The molecule has 0 saturated carbocycles. The van der Waals surface area contributed by atoms with Crippen LogP contribution in [0.4, 0.5) is 5.95 Å². The van der Waals surface area contributed by atoms with Crippen molar-refractivity contribution in [3.8, 4) is 17.1 Å². The van der Waals surface area contributed by atoms with Gasteiger partial charge in [-0.1, -0.05) is 16.7 Å². The molecule has 0 spiro atoms. The van der Waals surface area contributed by atoms with Gasteiger partial charge in [-0.25, -0.2) is 0 Å². The number of methoxy groups -OCH3 is 1. The molecular formula is C15H16ClN5O2. The number of benzene rings is 1. The Morgan fingerprint density at radius 1 is 1.30 bits per heavy atom. The summed E-state index contributed by atoms with van der Waals surface area (Å²) in [5.74, 6) is 2.60. The summed E-state index contributed by atoms with van der Waals surface area (Å²) < 4.78 is 11.0. The monoisotopic (exact) mass is 333 g/mol. The van der Waals surface area contributed by atoms with Gasteiger partial charge in [-0.2, -0.15) is 4.80 Å². The first-order valence-electron chi connectivity index (χ1n) is 7.14. The Morgan fingerprint density at radius 2 is 2.17 bits per heavy atom. The maximum Gasteiger partial charge on any atom is 0.263 e. The van der Waals surface area contributed by atoms with Crippen molar-refractivity contribution in [2.75, 3.05) is 12.4 Å². The number of furan rings is 1. The van der Waals surface area contributed by atoms with Gasteiger partial charge in [0.2, 0.25) is 0 Å². The molecule has 7 nitrogen and oxygen atoms in total. The molecule has 2 heterocycles. The van der Waals surface area contributed by atoms with Crippen LogP contribution in [0, 0.1) is 0 Å². The highest BCUT2D eigenvalue weighted by Gasteiger charge is 2.09. The third-order valence-electron chi connectivity index (χ3n) is 3.25. The zero-order valence-corrected chi connectivity index (χ0v) is 13.5. The van der Waals surface area contributed by atoms with Crippen LogP contribution in [0.25, 0.3) is 11.3 Å². The third-order valence-corrected chi connectivity index (χ3v) is 3.55. The van der Waals surface area contributed by atoms with Crippen molar-refractivity contribution in [3.63, 3.8) is 0 Å². The molecule has 3 aromatic rings. The molecule has 0 aliphatic rings. The normalized spacial score (nSPS) is 10.7. The van der Waals surface area contributed by atoms with Gasteiger partial charge in [-0.3, -0.25) is 0 Å². The average molecular weight is 334 g/mol. The minimum atomic E-state index is 0.470. The highest BCUT2D eigenvalue weighted by atomic mass is 35.5. The second-order valence-corrected chi connectivity index (χ2v) is 5.18. The summed E-state index contributed by atoms with van der Waals surface area (Å²) in [6, 6.07) is 9.31. The number of hydrogen-bond acceptors (Lipinski definition) is 6. The molecule has 0 aliphatic carbocycles. The van der Waals surface area contributed by atoms with Crippen LogP contribution >= 0.6 is 11.6 Å². The molecule has 0 bridgehead atoms. The zero-order valence-electron chi connectivity index (χ0n) is 12.8. The van der Waals surface area contributed by atoms with Gasteiger partial charge in [-0.15, -0.1) is 5.10 Å². The molecule has 1 aromatic carbocycles. The van der Waals surface area contributed by atoms with Crippen molar-refractivity contribution >= 4 is 17.5 Å². The molecule has 2 aromatic heterocycles. The first kappa shape index (κ1) is 15.4.